The van der Waals surface area contributed by atoms with Crippen molar-refractivity contribution in [1.29, 1.82) is 0 Å². The molecule has 0 saturated heterocycles. The van der Waals surface area contributed by atoms with E-state index in [9.17, 15) is 22.7 Å². The van der Waals surface area contributed by atoms with E-state index in [1.165, 1.54) is 18.2 Å². The molecule has 0 radical (unpaired) electrons. The van der Waals surface area contributed by atoms with E-state index in [1.54, 1.807) is 6.92 Å². The van der Waals surface area contributed by atoms with E-state index in [4.69, 9.17) is 0 Å². The predicted molar refractivity (Wildman–Crippen MR) is 82.8 cm³/mol. The summed E-state index contributed by atoms with van der Waals surface area (Å²) in [4.78, 5) is 0. The van der Waals surface area contributed by atoms with Gasteiger partial charge < -0.3 is 5.11 Å². The molecule has 0 unspecified atom stereocenters. The third-order valence-corrected chi connectivity index (χ3v) is 2.73. The van der Waals surface area contributed by atoms with Crippen LogP contribution in [0.1, 0.15) is 38.8 Å². The summed E-state index contributed by atoms with van der Waals surface area (Å²) in [7, 11) is 0. The highest BCUT2D eigenvalue weighted by molar-refractivity contribution is 5.90. The zero-order chi connectivity index (χ0) is 17.5. The van der Waals surface area contributed by atoms with Crippen LogP contribution in [0.5, 0.6) is 5.75 Å². The number of halogens is 4. The number of hydrogen-bond donors (Lipinski definition) is 1. The summed E-state index contributed by atoms with van der Waals surface area (Å²) in [5.41, 5.74) is 0.0428. The van der Waals surface area contributed by atoms with Crippen molar-refractivity contribution in [2.45, 2.75) is 47.2 Å². The molecule has 0 aliphatic heterocycles. The Morgan fingerprint density at radius 1 is 1.00 bits per heavy atom. The second-order valence-electron chi connectivity index (χ2n) is 4.18. The van der Waals surface area contributed by atoms with Gasteiger partial charge in [-0.25, -0.2) is 4.39 Å². The van der Waals surface area contributed by atoms with Crippen molar-refractivity contribution >= 4 is 10.8 Å². The highest BCUT2D eigenvalue weighted by Crippen LogP contribution is 2.32. The summed E-state index contributed by atoms with van der Waals surface area (Å²) in [5, 5.41) is 10.00. The van der Waals surface area contributed by atoms with Crippen molar-refractivity contribution in [2.24, 2.45) is 0 Å². The first-order chi connectivity index (χ1) is 10.3. The minimum Gasteiger partial charge on any atom is -0.508 e. The lowest BCUT2D eigenvalue weighted by molar-refractivity contribution is -0.127. The van der Waals surface area contributed by atoms with E-state index < -0.39 is 18.4 Å². The van der Waals surface area contributed by atoms with Gasteiger partial charge in [0.25, 0.3) is 0 Å². The zero-order valence-electron chi connectivity index (χ0n) is 13.5. The lowest BCUT2D eigenvalue weighted by atomic mass is 9.97. The second kappa shape index (κ2) is 8.61. The molecule has 0 fully saturated rings. The fraction of sp³-hybridized carbons (Fsp3) is 0.412. The number of benzene rings is 2. The molecule has 0 atom stereocenters. The summed E-state index contributed by atoms with van der Waals surface area (Å²) in [6.07, 6.45) is -5.79. The first-order valence-electron chi connectivity index (χ1n) is 7.25. The number of aromatic hydroxyl groups is 1. The van der Waals surface area contributed by atoms with Crippen LogP contribution in [-0.2, 0) is 6.42 Å². The molecule has 0 aliphatic rings. The first kappa shape index (κ1) is 20.2. The molecule has 124 valence electrons. The molecule has 0 saturated carbocycles. The Labute approximate surface area is 128 Å². The molecule has 0 aromatic heterocycles. The van der Waals surface area contributed by atoms with Gasteiger partial charge in [-0.2, -0.15) is 13.2 Å². The van der Waals surface area contributed by atoms with Crippen molar-refractivity contribution in [2.75, 3.05) is 0 Å². The van der Waals surface area contributed by atoms with Gasteiger partial charge in [0.15, 0.2) is 0 Å². The van der Waals surface area contributed by atoms with Crippen LogP contribution in [0.3, 0.4) is 0 Å². The zero-order valence-corrected chi connectivity index (χ0v) is 13.5. The lowest BCUT2D eigenvalue weighted by Crippen LogP contribution is -2.13. The molecular weight excluding hydrogens is 296 g/mol. The minimum absolute atomic E-state index is 0.0513. The Balaban J connectivity index is 0.00000102. The smallest absolute Gasteiger partial charge is 0.393 e. The molecule has 5 heteroatoms. The molecule has 0 bridgehead atoms. The number of phenols is 1. The molecule has 22 heavy (non-hydrogen) atoms. The third-order valence-electron chi connectivity index (χ3n) is 2.73. The fourth-order valence-corrected chi connectivity index (χ4v) is 2.09. The summed E-state index contributed by atoms with van der Waals surface area (Å²) >= 11 is 0. The summed E-state index contributed by atoms with van der Waals surface area (Å²) in [6, 6.07) is 4.99. The highest BCUT2D eigenvalue weighted by atomic mass is 19.4. The summed E-state index contributed by atoms with van der Waals surface area (Å²) in [5.74, 6) is -0.932. The average Bonchev–Trinajstić information content (AvgIpc) is 2.45. The van der Waals surface area contributed by atoms with E-state index in [0.717, 1.165) is 6.07 Å². The van der Waals surface area contributed by atoms with Crippen molar-refractivity contribution in [3.8, 4) is 5.75 Å². The Bertz CT molecular complexity index is 604. The van der Waals surface area contributed by atoms with Gasteiger partial charge >= 0.3 is 6.18 Å². The standard InChI is InChI=1S/C13H10F4O.2C2H6/c1-7-4-9(18)5-8-2-3-11(14)10(12(7)8)6-13(15,16)17;2*1-2/h2-5,18H,6H2,1H3;2*1-2H3. The number of fused-ring (bicyclic) bond motifs is 1. The number of aryl methyl sites for hydroxylation is 1. The predicted octanol–water partition coefficient (Wildman–Crippen LogP) is 6.15. The van der Waals surface area contributed by atoms with E-state index in [-0.39, 0.29) is 16.7 Å². The van der Waals surface area contributed by atoms with Crippen LogP contribution in [0.2, 0.25) is 0 Å². The molecule has 2 rings (SSSR count). The largest absolute Gasteiger partial charge is 0.508 e. The SMILES string of the molecule is CC.CC.Cc1cc(O)cc2ccc(F)c(CC(F)(F)F)c12. The van der Waals surface area contributed by atoms with E-state index in [1.807, 2.05) is 27.7 Å². The van der Waals surface area contributed by atoms with Crippen LogP contribution in [0.15, 0.2) is 24.3 Å². The summed E-state index contributed by atoms with van der Waals surface area (Å²) < 4.78 is 50.9. The molecule has 2 aromatic rings. The molecule has 1 N–H and O–H groups in total. The van der Waals surface area contributed by atoms with Gasteiger partial charge in [0.05, 0.1) is 6.42 Å². The second-order valence-corrected chi connectivity index (χ2v) is 4.18. The molecule has 2 aromatic carbocycles. The van der Waals surface area contributed by atoms with Crippen LogP contribution in [0.4, 0.5) is 17.6 Å². The van der Waals surface area contributed by atoms with Crippen molar-refractivity contribution in [3.63, 3.8) is 0 Å². The Morgan fingerprint density at radius 2 is 1.55 bits per heavy atom. The summed E-state index contributed by atoms with van der Waals surface area (Å²) in [6.45, 7) is 9.54. The van der Waals surface area contributed by atoms with Gasteiger partial charge in [0.2, 0.25) is 0 Å². The number of rotatable bonds is 1. The van der Waals surface area contributed by atoms with Gasteiger partial charge in [-0.3, -0.25) is 0 Å². The maximum absolute atomic E-state index is 13.6. The van der Waals surface area contributed by atoms with Gasteiger partial charge in [0, 0.05) is 5.56 Å². The van der Waals surface area contributed by atoms with Crippen molar-refractivity contribution in [1.82, 2.24) is 0 Å². The molecule has 1 nitrogen and oxygen atoms in total. The Kier molecular flexibility index (Phi) is 7.91. The van der Waals surface area contributed by atoms with Gasteiger partial charge in [-0.1, -0.05) is 33.8 Å². The Morgan fingerprint density at radius 3 is 2.05 bits per heavy atom. The van der Waals surface area contributed by atoms with Gasteiger partial charge in [0.1, 0.15) is 11.6 Å². The third kappa shape index (κ3) is 5.20. The Hall–Kier alpha value is -1.78. The van der Waals surface area contributed by atoms with Crippen LogP contribution >= 0.6 is 0 Å². The van der Waals surface area contributed by atoms with Gasteiger partial charge in [-0.05, 0) is 41.5 Å². The van der Waals surface area contributed by atoms with E-state index in [2.05, 4.69) is 0 Å². The van der Waals surface area contributed by atoms with E-state index >= 15 is 0 Å². The first-order valence-corrected chi connectivity index (χ1v) is 7.25. The maximum Gasteiger partial charge on any atom is 0.393 e. The molecule has 0 amide bonds. The number of alkyl halides is 3. The van der Waals surface area contributed by atoms with E-state index in [0.29, 0.717) is 10.9 Å². The average molecular weight is 318 g/mol. The lowest BCUT2D eigenvalue weighted by Gasteiger charge is -2.13. The number of hydrogen-bond acceptors (Lipinski definition) is 1. The van der Waals surface area contributed by atoms with Crippen LogP contribution < -0.4 is 0 Å². The molecule has 0 spiro atoms. The van der Waals surface area contributed by atoms with Crippen LogP contribution in [-0.4, -0.2) is 11.3 Å². The monoisotopic (exact) mass is 318 g/mol. The normalized spacial score (nSPS) is 10.4. The molecule has 0 aliphatic carbocycles. The highest BCUT2D eigenvalue weighted by Gasteiger charge is 2.30. The van der Waals surface area contributed by atoms with Gasteiger partial charge in [-0.15, -0.1) is 0 Å². The minimum atomic E-state index is -4.47. The maximum atomic E-state index is 13.6. The van der Waals surface area contributed by atoms with Crippen molar-refractivity contribution < 1.29 is 22.7 Å². The molecule has 0 heterocycles. The topological polar surface area (TPSA) is 20.2 Å². The molecular formula is C17H22F4O. The quantitative estimate of drug-likeness (QED) is 0.625. The van der Waals surface area contributed by atoms with Crippen LogP contribution in [0.25, 0.3) is 10.8 Å². The van der Waals surface area contributed by atoms with Crippen molar-refractivity contribution in [3.05, 3.63) is 41.2 Å². The fourth-order valence-electron chi connectivity index (χ4n) is 2.09. The number of phenolic OH excluding ortho intramolecular Hbond substituents is 1. The van der Waals surface area contributed by atoms with Crippen LogP contribution in [0, 0.1) is 12.7 Å².